The van der Waals surface area contributed by atoms with E-state index in [2.05, 4.69) is 20.7 Å². The minimum Gasteiger partial charge on any atom is -0.208 e. The van der Waals surface area contributed by atoms with Crippen molar-refractivity contribution in [1.29, 1.82) is 0 Å². The predicted octanol–water partition coefficient (Wildman–Crippen LogP) is 3.92. The molecule has 1 unspecified atom stereocenters. The van der Waals surface area contributed by atoms with Gasteiger partial charge in [0, 0.05) is 11.4 Å². The Morgan fingerprint density at radius 1 is 1.24 bits per heavy atom. The Hall–Kier alpha value is -0.460. The number of nitrogens with one attached hydrogen (secondary N) is 1. The molecular formula is C15H23BrFNO2S. The van der Waals surface area contributed by atoms with Crippen LogP contribution in [0.5, 0.6) is 0 Å². The fourth-order valence-electron chi connectivity index (χ4n) is 2.35. The van der Waals surface area contributed by atoms with E-state index >= 15 is 0 Å². The summed E-state index contributed by atoms with van der Waals surface area (Å²) >= 11 is 3.36. The van der Waals surface area contributed by atoms with Gasteiger partial charge in [-0.3, -0.25) is 0 Å². The number of benzene rings is 1. The van der Waals surface area contributed by atoms with Crippen LogP contribution in [0.2, 0.25) is 0 Å². The Morgan fingerprint density at radius 2 is 1.71 bits per heavy atom. The smallest absolute Gasteiger partial charge is 0.208 e. The van der Waals surface area contributed by atoms with Crippen LogP contribution in [0.4, 0.5) is 4.39 Å². The highest BCUT2D eigenvalue weighted by Crippen LogP contribution is 2.27. The number of hydrogen-bond donors (Lipinski definition) is 1. The Balaban J connectivity index is 3.23. The number of alkyl halides is 1. The lowest BCUT2D eigenvalue weighted by Gasteiger charge is -2.31. The predicted molar refractivity (Wildman–Crippen MR) is 87.8 cm³/mol. The van der Waals surface area contributed by atoms with Gasteiger partial charge in [0.15, 0.2) is 0 Å². The first-order valence-corrected chi connectivity index (χ1v) is 9.44. The molecule has 3 nitrogen and oxygen atoms in total. The van der Waals surface area contributed by atoms with E-state index in [4.69, 9.17) is 0 Å². The number of sulfonamides is 1. The molecule has 6 heteroatoms. The van der Waals surface area contributed by atoms with Crippen LogP contribution in [0.1, 0.15) is 38.3 Å². The Morgan fingerprint density at radius 3 is 2.10 bits per heavy atom. The molecule has 1 rings (SSSR count). The van der Waals surface area contributed by atoms with Crippen LogP contribution in [-0.2, 0) is 10.0 Å². The maximum Gasteiger partial charge on any atom is 0.241 e. The summed E-state index contributed by atoms with van der Waals surface area (Å²) in [4.78, 5) is 0.174. The number of rotatable bonds is 5. The molecule has 1 atom stereocenters. The van der Waals surface area contributed by atoms with Crippen LogP contribution in [-0.4, -0.2) is 19.8 Å². The van der Waals surface area contributed by atoms with Crippen molar-refractivity contribution in [3.05, 3.63) is 29.1 Å². The summed E-state index contributed by atoms with van der Waals surface area (Å²) in [5.74, 6) is -0.420. The molecule has 1 aromatic carbocycles. The fourth-order valence-corrected chi connectivity index (χ4v) is 4.73. The minimum absolute atomic E-state index is 0.174. The van der Waals surface area contributed by atoms with Crippen molar-refractivity contribution in [3.63, 3.8) is 0 Å². The first-order chi connectivity index (χ1) is 9.49. The van der Waals surface area contributed by atoms with Gasteiger partial charge in [-0.1, -0.05) is 36.7 Å². The quantitative estimate of drug-likeness (QED) is 0.787. The van der Waals surface area contributed by atoms with E-state index < -0.39 is 15.8 Å². The molecule has 0 aliphatic rings. The molecule has 1 N–H and O–H groups in total. The topological polar surface area (TPSA) is 46.2 Å². The van der Waals surface area contributed by atoms with Crippen LogP contribution in [0.15, 0.2) is 17.0 Å². The van der Waals surface area contributed by atoms with Crippen molar-refractivity contribution >= 4 is 26.0 Å². The molecule has 0 amide bonds. The second-order valence-corrected chi connectivity index (χ2v) is 8.83. The van der Waals surface area contributed by atoms with Crippen molar-refractivity contribution in [3.8, 4) is 0 Å². The van der Waals surface area contributed by atoms with Gasteiger partial charge in [0.25, 0.3) is 0 Å². The standard InChI is InChI=1S/C15H23BrFNO2S/c1-10-8-12(17)9-11(2)14(10)21(19,20)18-13(6-7-16)15(3,4)5/h8-9,13,18H,6-7H2,1-5H3. The van der Waals surface area contributed by atoms with E-state index in [0.717, 1.165) is 0 Å². The van der Waals surface area contributed by atoms with Crippen LogP contribution < -0.4 is 4.72 Å². The third-order valence-corrected chi connectivity index (χ3v) is 5.67. The molecule has 0 heterocycles. The summed E-state index contributed by atoms with van der Waals surface area (Å²) in [6, 6.07) is 2.29. The molecule has 0 bridgehead atoms. The summed E-state index contributed by atoms with van der Waals surface area (Å²) in [7, 11) is -3.68. The second-order valence-electron chi connectivity index (χ2n) is 6.39. The zero-order chi connectivity index (χ0) is 16.4. The number of hydrogen-bond acceptors (Lipinski definition) is 2. The van der Waals surface area contributed by atoms with Crippen LogP contribution >= 0.6 is 15.9 Å². The fraction of sp³-hybridized carbons (Fsp3) is 0.600. The molecule has 0 fully saturated rings. The Kier molecular flexibility index (Phi) is 5.98. The average molecular weight is 380 g/mol. The lowest BCUT2D eigenvalue weighted by atomic mass is 9.86. The maximum atomic E-state index is 13.3. The molecule has 0 aromatic heterocycles. The lowest BCUT2D eigenvalue weighted by molar-refractivity contribution is 0.293. The summed E-state index contributed by atoms with van der Waals surface area (Å²) in [5, 5.41) is 0.707. The second kappa shape index (κ2) is 6.75. The molecule has 0 radical (unpaired) electrons. The van der Waals surface area contributed by atoms with Crippen molar-refractivity contribution in [2.24, 2.45) is 5.41 Å². The number of halogens is 2. The van der Waals surface area contributed by atoms with Crippen molar-refractivity contribution in [1.82, 2.24) is 4.72 Å². The maximum absolute atomic E-state index is 13.3. The largest absolute Gasteiger partial charge is 0.241 e. The van der Waals surface area contributed by atoms with Crippen LogP contribution in [0, 0.1) is 25.1 Å². The van der Waals surface area contributed by atoms with E-state index in [0.29, 0.717) is 22.9 Å². The third-order valence-electron chi connectivity index (χ3n) is 3.43. The highest BCUT2D eigenvalue weighted by atomic mass is 79.9. The molecule has 0 saturated carbocycles. The van der Waals surface area contributed by atoms with E-state index in [1.165, 1.54) is 12.1 Å². The molecule has 21 heavy (non-hydrogen) atoms. The summed E-state index contributed by atoms with van der Waals surface area (Å²) in [6.45, 7) is 9.20. The monoisotopic (exact) mass is 379 g/mol. The van der Waals surface area contributed by atoms with E-state index in [1.807, 2.05) is 20.8 Å². The molecule has 0 aliphatic heterocycles. The van der Waals surface area contributed by atoms with Gasteiger partial charge < -0.3 is 0 Å². The van der Waals surface area contributed by atoms with Crippen molar-refractivity contribution < 1.29 is 12.8 Å². The van der Waals surface area contributed by atoms with Crippen LogP contribution in [0.3, 0.4) is 0 Å². The first kappa shape index (κ1) is 18.6. The molecule has 0 aliphatic carbocycles. The highest BCUT2D eigenvalue weighted by Gasteiger charge is 2.30. The zero-order valence-corrected chi connectivity index (χ0v) is 15.5. The Bertz CT molecular complexity index is 586. The zero-order valence-electron chi connectivity index (χ0n) is 13.1. The number of aryl methyl sites for hydroxylation is 2. The van der Waals surface area contributed by atoms with E-state index in [1.54, 1.807) is 13.8 Å². The highest BCUT2D eigenvalue weighted by molar-refractivity contribution is 9.09. The van der Waals surface area contributed by atoms with Gasteiger partial charge in [-0.05, 0) is 48.9 Å². The third kappa shape index (κ3) is 4.76. The van der Waals surface area contributed by atoms with Gasteiger partial charge in [-0.15, -0.1) is 0 Å². The van der Waals surface area contributed by atoms with Crippen LogP contribution in [0.25, 0.3) is 0 Å². The summed E-state index contributed by atoms with van der Waals surface area (Å²) in [5.41, 5.74) is 0.640. The van der Waals surface area contributed by atoms with Gasteiger partial charge >= 0.3 is 0 Å². The van der Waals surface area contributed by atoms with Crippen molar-refractivity contribution in [2.75, 3.05) is 5.33 Å². The molecular weight excluding hydrogens is 357 g/mol. The summed E-state index contributed by atoms with van der Waals surface area (Å²) < 4.78 is 41.5. The van der Waals surface area contributed by atoms with Gasteiger partial charge in [-0.25, -0.2) is 17.5 Å². The van der Waals surface area contributed by atoms with Gasteiger partial charge in [0.2, 0.25) is 10.0 Å². The molecule has 0 saturated heterocycles. The van der Waals surface area contributed by atoms with Gasteiger partial charge in [0.1, 0.15) is 5.82 Å². The van der Waals surface area contributed by atoms with Gasteiger partial charge in [0.05, 0.1) is 4.90 Å². The normalized spacial score (nSPS) is 14.2. The lowest BCUT2D eigenvalue weighted by Crippen LogP contribution is -2.44. The first-order valence-electron chi connectivity index (χ1n) is 6.84. The molecule has 0 spiro atoms. The SMILES string of the molecule is Cc1cc(F)cc(C)c1S(=O)(=O)NC(CCBr)C(C)(C)C. The minimum atomic E-state index is -3.68. The van der Waals surface area contributed by atoms with E-state index in [9.17, 15) is 12.8 Å². The van der Waals surface area contributed by atoms with Crippen molar-refractivity contribution in [2.45, 2.75) is 52.0 Å². The average Bonchev–Trinajstić information content (AvgIpc) is 2.24. The molecule has 120 valence electrons. The Labute approximate surface area is 135 Å². The summed E-state index contributed by atoms with van der Waals surface area (Å²) in [6.07, 6.45) is 0.683. The molecule has 1 aromatic rings. The van der Waals surface area contributed by atoms with Gasteiger partial charge in [-0.2, -0.15) is 0 Å². The van der Waals surface area contributed by atoms with E-state index in [-0.39, 0.29) is 16.4 Å².